The molecule has 5 heteroatoms. The molecule has 0 spiro atoms. The van der Waals surface area contributed by atoms with Crippen LogP contribution >= 0.6 is 0 Å². The number of aryl methyl sites for hydroxylation is 1. The molecule has 0 saturated carbocycles. The molecule has 24 heavy (non-hydrogen) atoms. The van der Waals surface area contributed by atoms with Crippen LogP contribution in [0.4, 0.5) is 0 Å². The summed E-state index contributed by atoms with van der Waals surface area (Å²) in [7, 11) is 0. The molecule has 0 aliphatic carbocycles. The van der Waals surface area contributed by atoms with Gasteiger partial charge in [-0.15, -0.1) is 0 Å². The van der Waals surface area contributed by atoms with E-state index in [2.05, 4.69) is 17.1 Å². The predicted molar refractivity (Wildman–Crippen MR) is 90.0 cm³/mol. The van der Waals surface area contributed by atoms with Gasteiger partial charge in [-0.25, -0.2) is 9.78 Å². The minimum absolute atomic E-state index is 0.0964. The van der Waals surface area contributed by atoms with Crippen molar-refractivity contribution < 1.29 is 14.7 Å². The van der Waals surface area contributed by atoms with Crippen LogP contribution in [0.2, 0.25) is 0 Å². The number of carbonyl (C=O) groups is 2. The molecule has 0 bridgehead atoms. The first-order valence-corrected chi connectivity index (χ1v) is 8.20. The molecular formula is C19H20N2O3. The van der Waals surface area contributed by atoms with Gasteiger partial charge in [-0.1, -0.05) is 36.4 Å². The molecule has 2 aromatic rings. The Hall–Kier alpha value is -2.69. The Balaban J connectivity index is 1.69. The summed E-state index contributed by atoms with van der Waals surface area (Å²) in [5, 5.41) is 9.03. The molecule has 1 aliphatic heterocycles. The molecular weight excluding hydrogens is 304 g/mol. The molecule has 1 fully saturated rings. The zero-order valence-corrected chi connectivity index (χ0v) is 13.4. The average molecular weight is 324 g/mol. The summed E-state index contributed by atoms with van der Waals surface area (Å²) in [6.45, 7) is 0.706. The second kappa shape index (κ2) is 7.25. The number of carbonyl (C=O) groups excluding carboxylic acids is 1. The number of hydrogen-bond donors (Lipinski definition) is 1. The normalized spacial score (nSPS) is 17.0. The molecule has 1 saturated heterocycles. The molecule has 1 amide bonds. The maximum atomic E-state index is 12.7. The zero-order valence-electron chi connectivity index (χ0n) is 13.4. The Kier molecular flexibility index (Phi) is 4.89. The van der Waals surface area contributed by atoms with E-state index in [0.29, 0.717) is 6.54 Å². The lowest BCUT2D eigenvalue weighted by Crippen LogP contribution is -2.36. The third-order valence-corrected chi connectivity index (χ3v) is 4.43. The first-order chi connectivity index (χ1) is 11.6. The van der Waals surface area contributed by atoms with E-state index in [0.717, 1.165) is 25.7 Å². The average Bonchev–Trinajstić information content (AvgIpc) is 3.09. The molecule has 1 aromatic heterocycles. The third-order valence-electron chi connectivity index (χ3n) is 4.43. The predicted octanol–water partition coefficient (Wildman–Crippen LogP) is 3.02. The summed E-state index contributed by atoms with van der Waals surface area (Å²) < 4.78 is 0. The van der Waals surface area contributed by atoms with Crippen molar-refractivity contribution in [3.8, 4) is 0 Å². The highest BCUT2D eigenvalue weighted by Crippen LogP contribution is 2.23. The van der Waals surface area contributed by atoms with Crippen molar-refractivity contribution >= 4 is 11.9 Å². The molecule has 1 aromatic carbocycles. The Morgan fingerprint density at radius 3 is 2.58 bits per heavy atom. The zero-order chi connectivity index (χ0) is 16.9. The van der Waals surface area contributed by atoms with E-state index in [1.165, 1.54) is 11.6 Å². The van der Waals surface area contributed by atoms with Gasteiger partial charge < -0.3 is 10.0 Å². The van der Waals surface area contributed by atoms with Crippen LogP contribution in [0.15, 0.2) is 48.5 Å². The number of rotatable bonds is 5. The van der Waals surface area contributed by atoms with Gasteiger partial charge in [0.05, 0.1) is 0 Å². The van der Waals surface area contributed by atoms with Crippen LogP contribution in [0.1, 0.15) is 45.8 Å². The molecule has 1 atom stereocenters. The van der Waals surface area contributed by atoms with E-state index in [4.69, 9.17) is 5.11 Å². The van der Waals surface area contributed by atoms with Crippen LogP contribution in [0, 0.1) is 0 Å². The van der Waals surface area contributed by atoms with Gasteiger partial charge in [-0.05, 0) is 43.4 Å². The van der Waals surface area contributed by atoms with Gasteiger partial charge in [-0.2, -0.15) is 0 Å². The van der Waals surface area contributed by atoms with Crippen molar-refractivity contribution in [1.82, 2.24) is 9.88 Å². The Morgan fingerprint density at radius 1 is 1.08 bits per heavy atom. The topological polar surface area (TPSA) is 70.5 Å². The van der Waals surface area contributed by atoms with E-state index in [9.17, 15) is 9.59 Å². The largest absolute Gasteiger partial charge is 0.477 e. The van der Waals surface area contributed by atoms with Gasteiger partial charge in [0.2, 0.25) is 0 Å². The van der Waals surface area contributed by atoms with Crippen LogP contribution in [-0.4, -0.2) is 39.5 Å². The van der Waals surface area contributed by atoms with E-state index < -0.39 is 5.97 Å². The van der Waals surface area contributed by atoms with E-state index in [-0.39, 0.29) is 23.3 Å². The summed E-state index contributed by atoms with van der Waals surface area (Å²) in [6, 6.07) is 15.0. The highest BCUT2D eigenvalue weighted by molar-refractivity contribution is 5.94. The number of carboxylic acid groups (broad SMARTS) is 1. The maximum absolute atomic E-state index is 12.7. The summed E-state index contributed by atoms with van der Waals surface area (Å²) in [5.41, 5.74) is 1.38. The lowest BCUT2D eigenvalue weighted by Gasteiger charge is -2.24. The molecule has 1 aliphatic rings. The minimum Gasteiger partial charge on any atom is -0.477 e. The second-order valence-corrected chi connectivity index (χ2v) is 6.03. The third kappa shape index (κ3) is 3.62. The standard InChI is InChI=1S/C19H20N2O3/c22-18(16-9-4-10-17(20-16)19(23)24)21-13-5-8-15(21)12-11-14-6-2-1-3-7-14/h1-4,6-7,9-10,15H,5,8,11-13H2,(H,23,24). The quantitative estimate of drug-likeness (QED) is 0.918. The Morgan fingerprint density at radius 2 is 1.83 bits per heavy atom. The van der Waals surface area contributed by atoms with Crippen molar-refractivity contribution in [2.75, 3.05) is 6.54 Å². The summed E-state index contributed by atoms with van der Waals surface area (Å²) in [6.07, 6.45) is 3.80. The molecule has 5 nitrogen and oxygen atoms in total. The smallest absolute Gasteiger partial charge is 0.354 e. The van der Waals surface area contributed by atoms with Crippen LogP contribution in [-0.2, 0) is 6.42 Å². The van der Waals surface area contributed by atoms with Crippen LogP contribution in [0.3, 0.4) is 0 Å². The highest BCUT2D eigenvalue weighted by Gasteiger charge is 2.30. The number of aromatic nitrogens is 1. The number of likely N-dealkylation sites (tertiary alicyclic amines) is 1. The Bertz CT molecular complexity index is 730. The van der Waals surface area contributed by atoms with Gasteiger partial charge >= 0.3 is 5.97 Å². The molecule has 1 N–H and O–H groups in total. The van der Waals surface area contributed by atoms with Crippen LogP contribution in [0.5, 0.6) is 0 Å². The van der Waals surface area contributed by atoms with Crippen molar-refractivity contribution in [3.63, 3.8) is 0 Å². The number of pyridine rings is 1. The minimum atomic E-state index is -1.12. The summed E-state index contributed by atoms with van der Waals surface area (Å²) >= 11 is 0. The SMILES string of the molecule is O=C(O)c1cccc(C(=O)N2CCCC2CCc2ccccc2)n1. The van der Waals surface area contributed by atoms with E-state index >= 15 is 0 Å². The van der Waals surface area contributed by atoms with Crippen molar-refractivity contribution in [2.45, 2.75) is 31.7 Å². The molecule has 124 valence electrons. The van der Waals surface area contributed by atoms with Gasteiger partial charge in [0.1, 0.15) is 11.4 Å². The number of carboxylic acids is 1. The maximum Gasteiger partial charge on any atom is 0.354 e. The second-order valence-electron chi connectivity index (χ2n) is 6.03. The number of nitrogens with zero attached hydrogens (tertiary/aromatic N) is 2. The van der Waals surface area contributed by atoms with Gasteiger partial charge in [0.15, 0.2) is 0 Å². The molecule has 2 heterocycles. The fourth-order valence-corrected chi connectivity index (χ4v) is 3.20. The number of hydrogen-bond acceptors (Lipinski definition) is 3. The van der Waals surface area contributed by atoms with Gasteiger partial charge in [0.25, 0.3) is 5.91 Å². The van der Waals surface area contributed by atoms with E-state index in [1.807, 2.05) is 23.1 Å². The molecule has 1 unspecified atom stereocenters. The fourth-order valence-electron chi connectivity index (χ4n) is 3.20. The summed E-state index contributed by atoms with van der Waals surface area (Å²) in [5.74, 6) is -1.29. The van der Waals surface area contributed by atoms with Gasteiger partial charge in [0, 0.05) is 12.6 Å². The summed E-state index contributed by atoms with van der Waals surface area (Å²) in [4.78, 5) is 29.6. The highest BCUT2D eigenvalue weighted by atomic mass is 16.4. The van der Waals surface area contributed by atoms with Crippen molar-refractivity contribution in [2.24, 2.45) is 0 Å². The molecule has 0 radical (unpaired) electrons. The fraction of sp³-hybridized carbons (Fsp3) is 0.316. The number of benzene rings is 1. The first-order valence-electron chi connectivity index (χ1n) is 8.20. The Labute approximate surface area is 140 Å². The van der Waals surface area contributed by atoms with Gasteiger partial charge in [-0.3, -0.25) is 4.79 Å². The van der Waals surface area contributed by atoms with Crippen molar-refractivity contribution in [1.29, 1.82) is 0 Å². The van der Waals surface area contributed by atoms with Crippen LogP contribution in [0.25, 0.3) is 0 Å². The van der Waals surface area contributed by atoms with Crippen LogP contribution < -0.4 is 0 Å². The van der Waals surface area contributed by atoms with Crippen molar-refractivity contribution in [3.05, 3.63) is 65.5 Å². The monoisotopic (exact) mass is 324 g/mol. The lowest BCUT2D eigenvalue weighted by atomic mass is 10.0. The number of amides is 1. The number of aromatic carboxylic acids is 1. The lowest BCUT2D eigenvalue weighted by molar-refractivity contribution is 0.0689. The van der Waals surface area contributed by atoms with E-state index in [1.54, 1.807) is 12.1 Å². The first kappa shape index (κ1) is 16.2. The molecule has 3 rings (SSSR count).